The molecule has 1 unspecified atom stereocenters. The molecule has 3 aliphatic rings. The summed E-state index contributed by atoms with van der Waals surface area (Å²) in [5.41, 5.74) is 0.237. The van der Waals surface area contributed by atoms with Gasteiger partial charge in [-0.3, -0.25) is 0 Å². The van der Waals surface area contributed by atoms with E-state index < -0.39 is 0 Å². The molecule has 3 aliphatic heterocycles. The number of hydrogen-bond donors (Lipinski definition) is 0. The molecule has 1 atom stereocenters. The maximum Gasteiger partial charge on any atom is 0.207 e. The van der Waals surface area contributed by atoms with Crippen LogP contribution in [0.1, 0.15) is 50.8 Å². The van der Waals surface area contributed by atoms with Gasteiger partial charge >= 0.3 is 0 Å². The zero-order valence-electron chi connectivity index (χ0n) is 12.3. The summed E-state index contributed by atoms with van der Waals surface area (Å²) in [4.78, 5) is 11.3. The molecule has 0 aliphatic carbocycles. The van der Waals surface area contributed by atoms with Gasteiger partial charge in [-0.25, -0.2) is 15.3 Å². The van der Waals surface area contributed by atoms with Crippen molar-refractivity contribution in [2.24, 2.45) is 0 Å². The molecule has 0 N–H and O–H groups in total. The normalized spacial score (nSPS) is 29.6. The highest BCUT2D eigenvalue weighted by Gasteiger charge is 2.60. The average molecular weight is 273 g/mol. The van der Waals surface area contributed by atoms with Crippen molar-refractivity contribution in [2.45, 2.75) is 50.5 Å². The van der Waals surface area contributed by atoms with Crippen molar-refractivity contribution in [3.63, 3.8) is 0 Å². The topological polar surface area (TPSA) is 45.8 Å². The molecule has 0 spiro atoms. The maximum absolute atomic E-state index is 4.38. The zero-order valence-corrected chi connectivity index (χ0v) is 12.3. The van der Waals surface area contributed by atoms with Crippen LogP contribution in [0.25, 0.3) is 0 Å². The van der Waals surface area contributed by atoms with Gasteiger partial charge in [-0.05, 0) is 18.9 Å². The quantitative estimate of drug-likeness (QED) is 0.736. The lowest BCUT2D eigenvalue weighted by Crippen LogP contribution is -2.58. The summed E-state index contributed by atoms with van der Waals surface area (Å²) in [6, 6.07) is 1.89. The molecule has 3 saturated heterocycles. The van der Waals surface area contributed by atoms with Gasteiger partial charge in [-0.15, -0.1) is 0 Å². The molecule has 1 aromatic rings. The summed E-state index contributed by atoms with van der Waals surface area (Å²) in [5.74, 6) is 1.04. The van der Waals surface area contributed by atoms with E-state index in [0.29, 0.717) is 0 Å². The van der Waals surface area contributed by atoms with Crippen molar-refractivity contribution in [3.05, 3.63) is 24.3 Å². The van der Waals surface area contributed by atoms with Crippen LogP contribution in [0.15, 0.2) is 18.5 Å². The Bertz CT molecular complexity index is 389. The van der Waals surface area contributed by atoms with E-state index in [1.807, 2.05) is 18.5 Å². The van der Waals surface area contributed by atoms with E-state index in [0.717, 1.165) is 18.9 Å². The molecule has 3 fully saturated rings. The molecule has 4 heterocycles. The van der Waals surface area contributed by atoms with Gasteiger partial charge in [0.2, 0.25) is 5.54 Å². The maximum atomic E-state index is 4.38. The van der Waals surface area contributed by atoms with Crippen LogP contribution in [0.4, 0.5) is 0 Å². The Balaban J connectivity index is 0.000000147. The predicted octanol–water partition coefficient (Wildman–Crippen LogP) is 2.17. The third kappa shape index (κ3) is 2.86. The SMILES string of the molecule is C1CCC[N]CC1.c1cnc(C23CCC[N+]2CC3)nc1. The van der Waals surface area contributed by atoms with Gasteiger partial charge in [0.1, 0.15) is 13.1 Å². The van der Waals surface area contributed by atoms with Crippen LogP contribution < -0.4 is 10.2 Å². The molecule has 4 nitrogen and oxygen atoms in total. The second kappa shape index (κ2) is 6.64. The first-order valence-corrected chi connectivity index (χ1v) is 8.08. The van der Waals surface area contributed by atoms with E-state index in [1.165, 1.54) is 58.0 Å². The van der Waals surface area contributed by atoms with Crippen molar-refractivity contribution < 1.29 is 0 Å². The molecule has 2 radical (unpaired) electrons. The van der Waals surface area contributed by atoms with Crippen LogP contribution >= 0.6 is 0 Å². The van der Waals surface area contributed by atoms with Crippen LogP contribution in [0, 0.1) is 0 Å². The fraction of sp³-hybridized carbons (Fsp3) is 0.750. The highest BCUT2D eigenvalue weighted by atomic mass is 15.3. The Morgan fingerprint density at radius 1 is 0.850 bits per heavy atom. The van der Waals surface area contributed by atoms with Crippen molar-refractivity contribution in [1.29, 1.82) is 0 Å². The van der Waals surface area contributed by atoms with Gasteiger partial charge in [0.05, 0.1) is 6.42 Å². The molecule has 0 aromatic carbocycles. The van der Waals surface area contributed by atoms with Crippen LogP contribution in [0.5, 0.6) is 0 Å². The van der Waals surface area contributed by atoms with Crippen LogP contribution in [0.2, 0.25) is 0 Å². The average Bonchev–Trinajstić information content (AvgIpc) is 2.70. The first kappa shape index (κ1) is 14.0. The minimum Gasteiger partial charge on any atom is -0.242 e. The number of hydrogen-bond acceptors (Lipinski definition) is 3. The smallest absolute Gasteiger partial charge is 0.207 e. The van der Waals surface area contributed by atoms with Crippen molar-refractivity contribution in [3.8, 4) is 0 Å². The highest BCUT2D eigenvalue weighted by Crippen LogP contribution is 2.44. The number of aromatic nitrogens is 2. The number of rotatable bonds is 1. The predicted molar refractivity (Wildman–Crippen MR) is 79.8 cm³/mol. The van der Waals surface area contributed by atoms with E-state index in [2.05, 4.69) is 20.2 Å². The molecule has 0 saturated carbocycles. The van der Waals surface area contributed by atoms with E-state index in [-0.39, 0.29) is 5.54 Å². The zero-order chi connectivity index (χ0) is 13.7. The molecule has 4 rings (SSSR count). The van der Waals surface area contributed by atoms with E-state index in [4.69, 9.17) is 0 Å². The molecule has 0 amide bonds. The van der Waals surface area contributed by atoms with Crippen LogP contribution in [-0.4, -0.2) is 36.1 Å². The monoisotopic (exact) mass is 273 g/mol. The lowest BCUT2D eigenvalue weighted by atomic mass is 9.84. The number of fused-ring (bicyclic) bond motifs is 1. The van der Waals surface area contributed by atoms with Crippen molar-refractivity contribution in [2.75, 3.05) is 26.2 Å². The summed E-state index contributed by atoms with van der Waals surface area (Å²) in [6.45, 7) is 4.72. The van der Waals surface area contributed by atoms with Crippen LogP contribution in [0.3, 0.4) is 0 Å². The molecule has 0 bridgehead atoms. The largest absolute Gasteiger partial charge is 0.242 e. The molecular weight excluding hydrogens is 248 g/mol. The minimum absolute atomic E-state index is 0.237. The Labute approximate surface area is 122 Å². The Morgan fingerprint density at radius 3 is 2.20 bits per heavy atom. The van der Waals surface area contributed by atoms with E-state index >= 15 is 0 Å². The third-order valence-electron chi connectivity index (χ3n) is 4.78. The Morgan fingerprint density at radius 2 is 1.60 bits per heavy atom. The Hall–Kier alpha value is -1.00. The second-order valence-electron chi connectivity index (χ2n) is 6.03. The summed E-state index contributed by atoms with van der Waals surface area (Å²) < 4.78 is 0. The lowest BCUT2D eigenvalue weighted by molar-refractivity contribution is 0.111. The minimum atomic E-state index is 0.237. The summed E-state index contributed by atoms with van der Waals surface area (Å²) >= 11 is 0. The summed E-state index contributed by atoms with van der Waals surface area (Å²) in [5, 5.41) is 4.27. The fourth-order valence-corrected chi connectivity index (χ4v) is 3.53. The first-order valence-electron chi connectivity index (χ1n) is 8.08. The highest BCUT2D eigenvalue weighted by molar-refractivity contribution is 5.18. The van der Waals surface area contributed by atoms with E-state index in [1.54, 1.807) is 0 Å². The van der Waals surface area contributed by atoms with Gasteiger partial charge in [0.15, 0.2) is 5.82 Å². The summed E-state index contributed by atoms with van der Waals surface area (Å²) in [6.07, 6.45) is 13.0. The van der Waals surface area contributed by atoms with Gasteiger partial charge in [0, 0.05) is 38.3 Å². The Kier molecular flexibility index (Phi) is 4.63. The fourth-order valence-electron chi connectivity index (χ4n) is 3.53. The lowest BCUT2D eigenvalue weighted by Gasteiger charge is -2.36. The second-order valence-corrected chi connectivity index (χ2v) is 6.03. The van der Waals surface area contributed by atoms with Gasteiger partial charge in [-0.1, -0.05) is 12.8 Å². The third-order valence-corrected chi connectivity index (χ3v) is 4.78. The number of nitrogens with zero attached hydrogens (tertiary/aromatic N) is 4. The van der Waals surface area contributed by atoms with Gasteiger partial charge in [0.25, 0.3) is 0 Å². The van der Waals surface area contributed by atoms with E-state index in [9.17, 15) is 0 Å². The standard InChI is InChI=1S/C10H13N3.C6H12N/c1-3-10(4-8-13(10)7-1)9-11-5-2-6-12-9;1-2-4-6-7-5-3-1/h2,5-6H,1,3-4,7-8H2;1-6H2/q+1;. The molecular formula is C16H25N4+. The van der Waals surface area contributed by atoms with Crippen LogP contribution in [-0.2, 0) is 5.54 Å². The first-order chi connectivity index (χ1) is 9.92. The van der Waals surface area contributed by atoms with Gasteiger partial charge < -0.3 is 0 Å². The molecule has 1 aromatic heterocycles. The molecule has 108 valence electrons. The van der Waals surface area contributed by atoms with Crippen molar-refractivity contribution >= 4 is 0 Å². The summed E-state index contributed by atoms with van der Waals surface area (Å²) in [7, 11) is 0. The molecule has 4 heteroatoms. The molecule has 20 heavy (non-hydrogen) atoms. The van der Waals surface area contributed by atoms with Gasteiger partial charge in [-0.2, -0.15) is 4.90 Å². The van der Waals surface area contributed by atoms with Crippen molar-refractivity contribution in [1.82, 2.24) is 20.2 Å².